The number of aryl methyl sites for hydroxylation is 1. The molecule has 4 nitrogen and oxygen atoms in total. The van der Waals surface area contributed by atoms with E-state index in [1.807, 2.05) is 6.92 Å². The van der Waals surface area contributed by atoms with Crippen LogP contribution in [-0.2, 0) is 10.0 Å². The van der Waals surface area contributed by atoms with Crippen molar-refractivity contribution in [2.45, 2.75) is 35.9 Å². The first kappa shape index (κ1) is 14.9. The molecule has 0 atom stereocenters. The Kier molecular flexibility index (Phi) is 4.60. The second-order valence-corrected chi connectivity index (χ2v) is 7.69. The molecule has 0 amide bonds. The van der Waals surface area contributed by atoms with E-state index in [2.05, 4.69) is 4.72 Å². The van der Waals surface area contributed by atoms with Gasteiger partial charge in [-0.3, -0.25) is 0 Å². The second kappa shape index (κ2) is 5.24. The van der Waals surface area contributed by atoms with Crippen molar-refractivity contribution in [3.63, 3.8) is 0 Å². The molecule has 1 aromatic heterocycles. The number of rotatable bonds is 4. The first-order valence-electron chi connectivity index (χ1n) is 5.26. The predicted octanol–water partition coefficient (Wildman–Crippen LogP) is 1.64. The zero-order valence-electron chi connectivity index (χ0n) is 9.60. The van der Waals surface area contributed by atoms with Gasteiger partial charge in [-0.1, -0.05) is 0 Å². The van der Waals surface area contributed by atoms with E-state index in [9.17, 15) is 8.42 Å². The van der Waals surface area contributed by atoms with Crippen LogP contribution >= 0.6 is 23.7 Å². The third-order valence-electron chi connectivity index (χ3n) is 2.94. The average molecular weight is 297 g/mol. The van der Waals surface area contributed by atoms with Gasteiger partial charge in [0.15, 0.2) is 0 Å². The smallest absolute Gasteiger partial charge is 0.250 e. The summed E-state index contributed by atoms with van der Waals surface area (Å²) in [6, 6.07) is 3.44. The normalized spacial score (nSPS) is 18.2. The van der Waals surface area contributed by atoms with Crippen molar-refractivity contribution in [2.75, 3.05) is 6.54 Å². The molecule has 0 saturated heterocycles. The fraction of sp³-hybridized carbons (Fsp3) is 0.600. The van der Waals surface area contributed by atoms with Crippen LogP contribution in [0.2, 0.25) is 0 Å². The third kappa shape index (κ3) is 3.42. The van der Waals surface area contributed by atoms with Crippen molar-refractivity contribution < 1.29 is 8.42 Å². The Morgan fingerprint density at radius 2 is 2.12 bits per heavy atom. The molecule has 0 aliphatic heterocycles. The van der Waals surface area contributed by atoms with Crippen LogP contribution in [0.3, 0.4) is 0 Å². The van der Waals surface area contributed by atoms with Gasteiger partial charge in [0, 0.05) is 17.0 Å². The van der Waals surface area contributed by atoms with E-state index >= 15 is 0 Å². The summed E-state index contributed by atoms with van der Waals surface area (Å²) in [6.45, 7) is 2.23. The monoisotopic (exact) mass is 296 g/mol. The lowest BCUT2D eigenvalue weighted by atomic mass is 9.78. The van der Waals surface area contributed by atoms with Crippen molar-refractivity contribution in [3.8, 4) is 0 Å². The number of sulfonamides is 1. The number of hydrogen-bond acceptors (Lipinski definition) is 4. The van der Waals surface area contributed by atoms with Crippen LogP contribution < -0.4 is 10.5 Å². The van der Waals surface area contributed by atoms with Crippen molar-refractivity contribution in [2.24, 2.45) is 5.73 Å². The lowest BCUT2D eigenvalue weighted by Crippen LogP contribution is -2.54. The summed E-state index contributed by atoms with van der Waals surface area (Å²) in [7, 11) is -3.36. The molecular weight excluding hydrogens is 280 g/mol. The summed E-state index contributed by atoms with van der Waals surface area (Å²) in [5.74, 6) is 0. The van der Waals surface area contributed by atoms with Crippen LogP contribution in [0.1, 0.15) is 24.1 Å². The second-order valence-electron chi connectivity index (χ2n) is 4.41. The molecule has 1 aromatic rings. The van der Waals surface area contributed by atoms with Gasteiger partial charge in [0.25, 0.3) is 0 Å². The van der Waals surface area contributed by atoms with E-state index in [0.717, 1.165) is 24.1 Å². The minimum absolute atomic E-state index is 0. The SMILES string of the molecule is Cc1ccc(S(=O)(=O)NCC2(N)CCC2)s1.Cl. The van der Waals surface area contributed by atoms with Gasteiger partial charge >= 0.3 is 0 Å². The van der Waals surface area contributed by atoms with E-state index in [1.54, 1.807) is 12.1 Å². The molecule has 0 aromatic carbocycles. The molecule has 3 N–H and O–H groups in total. The fourth-order valence-electron chi connectivity index (χ4n) is 1.67. The summed E-state index contributed by atoms with van der Waals surface area (Å²) in [5.41, 5.74) is 5.65. The van der Waals surface area contributed by atoms with Crippen LogP contribution in [0.15, 0.2) is 16.3 Å². The first-order chi connectivity index (χ1) is 7.41. The predicted molar refractivity (Wildman–Crippen MR) is 72.3 cm³/mol. The molecule has 0 bridgehead atoms. The Bertz CT molecular complexity index is 480. The third-order valence-corrected chi connectivity index (χ3v) is 5.84. The number of halogens is 1. The van der Waals surface area contributed by atoms with Gasteiger partial charge in [-0.2, -0.15) is 0 Å². The molecule has 0 unspecified atom stereocenters. The van der Waals surface area contributed by atoms with Crippen LogP contribution in [0, 0.1) is 6.92 Å². The Morgan fingerprint density at radius 1 is 1.47 bits per heavy atom. The zero-order valence-corrected chi connectivity index (χ0v) is 12.1. The van der Waals surface area contributed by atoms with Crippen molar-refractivity contribution in [1.29, 1.82) is 0 Å². The van der Waals surface area contributed by atoms with Crippen LogP contribution in [0.25, 0.3) is 0 Å². The van der Waals surface area contributed by atoms with E-state index in [1.165, 1.54) is 11.3 Å². The van der Waals surface area contributed by atoms with Gasteiger partial charge in [-0.25, -0.2) is 13.1 Å². The zero-order chi connectivity index (χ0) is 11.8. The van der Waals surface area contributed by atoms with Crippen LogP contribution in [0.4, 0.5) is 0 Å². The molecule has 1 heterocycles. The molecule has 7 heteroatoms. The van der Waals surface area contributed by atoms with Crippen molar-refractivity contribution >= 4 is 33.8 Å². The van der Waals surface area contributed by atoms with Crippen molar-refractivity contribution in [1.82, 2.24) is 4.72 Å². The highest BCUT2D eigenvalue weighted by Crippen LogP contribution is 2.29. The van der Waals surface area contributed by atoms with Gasteiger partial charge in [-0.15, -0.1) is 23.7 Å². The lowest BCUT2D eigenvalue weighted by Gasteiger charge is -2.37. The highest BCUT2D eigenvalue weighted by molar-refractivity contribution is 7.91. The van der Waals surface area contributed by atoms with Gasteiger partial charge in [0.2, 0.25) is 10.0 Å². The van der Waals surface area contributed by atoms with E-state index in [-0.39, 0.29) is 17.9 Å². The minimum atomic E-state index is -3.36. The Labute approximate surface area is 112 Å². The van der Waals surface area contributed by atoms with Crippen LogP contribution in [0.5, 0.6) is 0 Å². The Morgan fingerprint density at radius 3 is 2.53 bits per heavy atom. The molecule has 0 spiro atoms. The quantitative estimate of drug-likeness (QED) is 0.887. The van der Waals surface area contributed by atoms with Gasteiger partial charge in [-0.05, 0) is 38.3 Å². The summed E-state index contributed by atoms with van der Waals surface area (Å²) < 4.78 is 26.7. The van der Waals surface area contributed by atoms with Gasteiger partial charge < -0.3 is 5.73 Å². The van der Waals surface area contributed by atoms with Gasteiger partial charge in [0.1, 0.15) is 4.21 Å². The number of hydrogen-bond donors (Lipinski definition) is 2. The molecule has 17 heavy (non-hydrogen) atoms. The number of thiophene rings is 1. The maximum Gasteiger partial charge on any atom is 0.250 e. The summed E-state index contributed by atoms with van der Waals surface area (Å²) >= 11 is 1.28. The molecule has 1 fully saturated rings. The molecule has 1 aliphatic rings. The van der Waals surface area contributed by atoms with Crippen LogP contribution in [-0.4, -0.2) is 20.5 Å². The van der Waals surface area contributed by atoms with E-state index in [4.69, 9.17) is 5.73 Å². The van der Waals surface area contributed by atoms with E-state index in [0.29, 0.717) is 10.8 Å². The first-order valence-corrected chi connectivity index (χ1v) is 7.56. The molecule has 1 aliphatic carbocycles. The Hall–Kier alpha value is -0.140. The maximum absolute atomic E-state index is 11.9. The summed E-state index contributed by atoms with van der Waals surface area (Å²) in [4.78, 5) is 0.992. The average Bonchev–Trinajstić information content (AvgIpc) is 2.60. The topological polar surface area (TPSA) is 72.2 Å². The molecule has 2 rings (SSSR count). The summed E-state index contributed by atoms with van der Waals surface area (Å²) in [6.07, 6.45) is 2.90. The fourth-order valence-corrected chi connectivity index (χ4v) is 4.14. The standard InChI is InChI=1S/C10H16N2O2S2.ClH/c1-8-3-4-9(15-8)16(13,14)12-7-10(11)5-2-6-10;/h3-4,12H,2,5-7,11H2,1H3;1H. The van der Waals surface area contributed by atoms with Gasteiger partial charge in [0.05, 0.1) is 0 Å². The highest BCUT2D eigenvalue weighted by Gasteiger charge is 2.33. The minimum Gasteiger partial charge on any atom is -0.324 e. The number of nitrogens with one attached hydrogen (secondary N) is 1. The summed E-state index contributed by atoms with van der Waals surface area (Å²) in [5, 5.41) is 0. The highest BCUT2D eigenvalue weighted by atomic mass is 35.5. The van der Waals surface area contributed by atoms with E-state index < -0.39 is 10.0 Å². The Balaban J connectivity index is 0.00000144. The molecule has 98 valence electrons. The molecule has 0 radical (unpaired) electrons. The lowest BCUT2D eigenvalue weighted by molar-refractivity contribution is 0.251. The molecule has 1 saturated carbocycles. The molecular formula is C10H17ClN2O2S2. The largest absolute Gasteiger partial charge is 0.324 e. The maximum atomic E-state index is 11.9. The van der Waals surface area contributed by atoms with Crippen molar-refractivity contribution in [3.05, 3.63) is 17.0 Å². The number of nitrogens with two attached hydrogens (primary N) is 1.